The Morgan fingerprint density at radius 2 is 1.85 bits per heavy atom. The summed E-state index contributed by atoms with van der Waals surface area (Å²) in [5.74, 6) is 0.523. The van der Waals surface area contributed by atoms with Gasteiger partial charge in [-0.2, -0.15) is 0 Å². The Kier molecular flexibility index (Phi) is 4.18. The number of nitrogens with two attached hydrogens (primary N) is 1. The molecule has 7 nitrogen and oxygen atoms in total. The minimum absolute atomic E-state index is 0.0811. The number of hydrogen-bond acceptors (Lipinski definition) is 7. The van der Waals surface area contributed by atoms with Crippen LogP contribution in [-0.4, -0.2) is 42.4 Å². The van der Waals surface area contributed by atoms with Gasteiger partial charge >= 0.3 is 6.01 Å². The maximum Gasteiger partial charge on any atom is 0.312 e. The molecule has 0 amide bonds. The van der Waals surface area contributed by atoms with Crippen LogP contribution < -0.4 is 5.73 Å². The fraction of sp³-hybridized carbons (Fsp3) is 0.846. The molecule has 2 N–H and O–H groups in total. The van der Waals surface area contributed by atoms with E-state index in [0.29, 0.717) is 31.4 Å². The lowest BCUT2D eigenvalue weighted by molar-refractivity contribution is -0.167. The van der Waals surface area contributed by atoms with Crippen LogP contribution in [0.1, 0.15) is 31.6 Å². The SMILES string of the molecule is Nc1nnc(CC2(CCC3CCOCC3)OCCO2)o1. The van der Waals surface area contributed by atoms with E-state index in [1.807, 2.05) is 0 Å². The van der Waals surface area contributed by atoms with Crippen LogP contribution in [0.25, 0.3) is 0 Å². The monoisotopic (exact) mass is 283 g/mol. The second-order valence-electron chi connectivity index (χ2n) is 5.41. The molecule has 1 aromatic heterocycles. The highest BCUT2D eigenvalue weighted by atomic mass is 16.7. The van der Waals surface area contributed by atoms with E-state index in [9.17, 15) is 0 Å². The van der Waals surface area contributed by atoms with Crippen molar-refractivity contribution < 1.29 is 18.6 Å². The van der Waals surface area contributed by atoms with Crippen molar-refractivity contribution in [1.29, 1.82) is 0 Å². The minimum Gasteiger partial charge on any atom is -0.408 e. The zero-order valence-corrected chi connectivity index (χ0v) is 11.5. The Bertz CT molecular complexity index is 425. The van der Waals surface area contributed by atoms with E-state index in [4.69, 9.17) is 24.4 Å². The maximum absolute atomic E-state index is 5.82. The topological polar surface area (TPSA) is 92.6 Å². The second kappa shape index (κ2) is 6.07. The molecule has 0 saturated carbocycles. The van der Waals surface area contributed by atoms with E-state index in [2.05, 4.69) is 10.2 Å². The summed E-state index contributed by atoms with van der Waals surface area (Å²) < 4.78 is 22.3. The van der Waals surface area contributed by atoms with Crippen LogP contribution >= 0.6 is 0 Å². The Labute approximate surface area is 117 Å². The van der Waals surface area contributed by atoms with E-state index in [-0.39, 0.29) is 6.01 Å². The van der Waals surface area contributed by atoms with E-state index in [1.165, 1.54) is 0 Å². The Morgan fingerprint density at radius 1 is 1.10 bits per heavy atom. The zero-order valence-electron chi connectivity index (χ0n) is 11.5. The molecule has 20 heavy (non-hydrogen) atoms. The molecule has 112 valence electrons. The number of nitrogens with zero attached hydrogens (tertiary/aromatic N) is 2. The minimum atomic E-state index is -0.628. The molecule has 0 atom stereocenters. The number of anilines is 1. The Hall–Kier alpha value is -1.18. The maximum atomic E-state index is 5.82. The van der Waals surface area contributed by atoms with Gasteiger partial charge in [0.2, 0.25) is 5.89 Å². The molecule has 0 aliphatic carbocycles. The van der Waals surface area contributed by atoms with E-state index in [1.54, 1.807) is 0 Å². The van der Waals surface area contributed by atoms with Crippen molar-refractivity contribution in [2.45, 2.75) is 37.9 Å². The molecule has 0 unspecified atom stereocenters. The molecule has 2 saturated heterocycles. The average molecular weight is 283 g/mol. The van der Waals surface area contributed by atoms with Gasteiger partial charge in [-0.25, -0.2) is 0 Å². The summed E-state index contributed by atoms with van der Waals surface area (Å²) in [7, 11) is 0. The van der Waals surface area contributed by atoms with E-state index in [0.717, 1.165) is 38.9 Å². The lowest BCUT2D eigenvalue weighted by atomic mass is 9.91. The lowest BCUT2D eigenvalue weighted by Crippen LogP contribution is -2.34. The first-order chi connectivity index (χ1) is 9.76. The first-order valence-electron chi connectivity index (χ1n) is 7.19. The van der Waals surface area contributed by atoms with Gasteiger partial charge in [-0.05, 0) is 25.2 Å². The van der Waals surface area contributed by atoms with Crippen LogP contribution in [0.3, 0.4) is 0 Å². The van der Waals surface area contributed by atoms with Crippen molar-refractivity contribution in [3.63, 3.8) is 0 Å². The molecule has 0 radical (unpaired) electrons. The molecular formula is C13H21N3O4. The van der Waals surface area contributed by atoms with Crippen molar-refractivity contribution in [3.05, 3.63) is 5.89 Å². The highest BCUT2D eigenvalue weighted by molar-refractivity contribution is 5.05. The van der Waals surface area contributed by atoms with Crippen LogP contribution in [-0.2, 0) is 20.6 Å². The predicted octanol–water partition coefficient (Wildman–Crippen LogP) is 1.14. The quantitative estimate of drug-likeness (QED) is 0.866. The standard InChI is InChI=1S/C13H21N3O4/c14-12-16-15-11(20-12)9-13(18-7-8-19-13)4-1-10-2-5-17-6-3-10/h10H,1-9H2,(H2,14,16). The molecule has 1 aromatic rings. The molecule has 3 rings (SSSR count). The molecule has 2 aliphatic rings. The highest BCUT2D eigenvalue weighted by Gasteiger charge is 2.39. The van der Waals surface area contributed by atoms with Gasteiger partial charge in [-0.15, -0.1) is 5.10 Å². The van der Waals surface area contributed by atoms with Gasteiger partial charge in [0.05, 0.1) is 19.6 Å². The summed E-state index contributed by atoms with van der Waals surface area (Å²) in [6.45, 7) is 2.94. The smallest absolute Gasteiger partial charge is 0.312 e. The third-order valence-electron chi connectivity index (χ3n) is 3.99. The zero-order chi connectivity index (χ0) is 13.8. The summed E-state index contributed by atoms with van der Waals surface area (Å²) in [5, 5.41) is 7.57. The van der Waals surface area contributed by atoms with Crippen LogP contribution in [0.15, 0.2) is 4.42 Å². The van der Waals surface area contributed by atoms with E-state index < -0.39 is 5.79 Å². The number of rotatable bonds is 5. The normalized spacial score (nSPS) is 23.2. The third-order valence-corrected chi connectivity index (χ3v) is 3.99. The second-order valence-corrected chi connectivity index (χ2v) is 5.41. The van der Waals surface area contributed by atoms with Crippen molar-refractivity contribution in [2.75, 3.05) is 32.2 Å². The third kappa shape index (κ3) is 3.28. The molecular weight excluding hydrogens is 262 g/mol. The van der Waals surface area contributed by atoms with Crippen LogP contribution in [0.4, 0.5) is 6.01 Å². The van der Waals surface area contributed by atoms with Gasteiger partial charge in [-0.1, -0.05) is 5.10 Å². The molecule has 0 bridgehead atoms. The lowest BCUT2D eigenvalue weighted by Gasteiger charge is -2.29. The summed E-state index contributed by atoms with van der Waals surface area (Å²) in [6.07, 6.45) is 4.58. The van der Waals surface area contributed by atoms with Crippen molar-refractivity contribution in [3.8, 4) is 0 Å². The first kappa shape index (κ1) is 13.8. The van der Waals surface area contributed by atoms with Crippen molar-refractivity contribution in [1.82, 2.24) is 10.2 Å². The number of nitrogen functional groups attached to an aromatic ring is 1. The predicted molar refractivity (Wildman–Crippen MR) is 69.8 cm³/mol. The van der Waals surface area contributed by atoms with Gasteiger partial charge in [-0.3, -0.25) is 0 Å². The van der Waals surface area contributed by atoms with Crippen LogP contribution in [0, 0.1) is 5.92 Å². The number of hydrogen-bond donors (Lipinski definition) is 1. The number of aromatic nitrogens is 2. The number of ether oxygens (including phenoxy) is 3. The van der Waals surface area contributed by atoms with Crippen LogP contribution in [0.5, 0.6) is 0 Å². The highest BCUT2D eigenvalue weighted by Crippen LogP contribution is 2.32. The fourth-order valence-corrected chi connectivity index (χ4v) is 2.86. The summed E-state index contributed by atoms with van der Waals surface area (Å²) in [6, 6.07) is 0.0811. The molecule has 2 aliphatic heterocycles. The van der Waals surface area contributed by atoms with Crippen LogP contribution in [0.2, 0.25) is 0 Å². The Balaban J connectivity index is 1.58. The molecule has 2 fully saturated rings. The molecule has 7 heteroatoms. The van der Waals surface area contributed by atoms with Crippen molar-refractivity contribution >= 4 is 6.01 Å². The van der Waals surface area contributed by atoms with E-state index >= 15 is 0 Å². The van der Waals surface area contributed by atoms with Gasteiger partial charge in [0.25, 0.3) is 0 Å². The molecule has 0 spiro atoms. The molecule has 3 heterocycles. The fourth-order valence-electron chi connectivity index (χ4n) is 2.86. The summed E-state index contributed by atoms with van der Waals surface area (Å²) in [5.41, 5.74) is 5.45. The molecule has 0 aromatic carbocycles. The summed E-state index contributed by atoms with van der Waals surface area (Å²) >= 11 is 0. The summed E-state index contributed by atoms with van der Waals surface area (Å²) in [4.78, 5) is 0. The first-order valence-corrected chi connectivity index (χ1v) is 7.19. The van der Waals surface area contributed by atoms with Gasteiger partial charge in [0, 0.05) is 19.6 Å². The largest absolute Gasteiger partial charge is 0.408 e. The van der Waals surface area contributed by atoms with Gasteiger partial charge in [0.15, 0.2) is 5.79 Å². The average Bonchev–Trinajstić information content (AvgIpc) is 3.08. The van der Waals surface area contributed by atoms with Gasteiger partial charge < -0.3 is 24.4 Å². The van der Waals surface area contributed by atoms with Gasteiger partial charge in [0.1, 0.15) is 0 Å². The Morgan fingerprint density at radius 3 is 2.50 bits per heavy atom. The van der Waals surface area contributed by atoms with Crippen molar-refractivity contribution in [2.24, 2.45) is 5.92 Å².